The Morgan fingerprint density at radius 2 is 1.48 bits per heavy atom. The molecule has 9 rings (SSSR count). The zero-order valence-corrected chi connectivity index (χ0v) is 23.7. The van der Waals surface area contributed by atoms with Crippen LogP contribution in [0.2, 0.25) is 0 Å². The third-order valence-electron chi connectivity index (χ3n) is 8.14. The quantitative estimate of drug-likeness (QED) is 0.130. The van der Waals surface area contributed by atoms with Crippen molar-refractivity contribution in [1.82, 2.24) is 24.1 Å². The van der Waals surface area contributed by atoms with E-state index in [1.807, 2.05) is 60.7 Å². The average Bonchev–Trinajstić information content (AvgIpc) is 3.70. The van der Waals surface area contributed by atoms with E-state index in [0.717, 1.165) is 20.6 Å². The molecule has 46 heavy (non-hydrogen) atoms. The summed E-state index contributed by atoms with van der Waals surface area (Å²) in [4.78, 5) is 51.1. The maximum absolute atomic E-state index is 14.6. The number of benzene rings is 4. The first-order valence-corrected chi connectivity index (χ1v) is 14.4. The van der Waals surface area contributed by atoms with E-state index in [2.05, 4.69) is 10.1 Å². The molecular formula is C36H19N5O5. The molecular weight excluding hydrogens is 582 g/mol. The van der Waals surface area contributed by atoms with Crippen LogP contribution in [-0.2, 0) is 0 Å². The van der Waals surface area contributed by atoms with Crippen LogP contribution < -0.4 is 11.2 Å². The van der Waals surface area contributed by atoms with Crippen molar-refractivity contribution in [2.24, 2.45) is 0 Å². The summed E-state index contributed by atoms with van der Waals surface area (Å²) < 4.78 is 14.2. The Kier molecular flexibility index (Phi) is 5.42. The third-order valence-corrected chi connectivity index (χ3v) is 8.14. The van der Waals surface area contributed by atoms with E-state index >= 15 is 0 Å². The van der Waals surface area contributed by atoms with Gasteiger partial charge in [-0.15, -0.1) is 5.10 Å². The summed E-state index contributed by atoms with van der Waals surface area (Å²) in [6, 6.07) is 32.6. The minimum absolute atomic E-state index is 0.0151. The normalized spacial score (nSPS) is 11.7. The summed E-state index contributed by atoms with van der Waals surface area (Å²) in [5.41, 5.74) is 0.792. The molecule has 0 amide bonds. The van der Waals surface area contributed by atoms with Crippen LogP contribution in [-0.4, -0.2) is 29.9 Å². The van der Waals surface area contributed by atoms with Gasteiger partial charge in [0.1, 0.15) is 11.2 Å². The maximum Gasteiger partial charge on any atom is 0.344 e. The highest BCUT2D eigenvalue weighted by Crippen LogP contribution is 2.30. The van der Waals surface area contributed by atoms with E-state index in [9.17, 15) is 14.4 Å². The highest BCUT2D eigenvalue weighted by molar-refractivity contribution is 6.08. The molecule has 218 valence electrons. The fourth-order valence-electron chi connectivity index (χ4n) is 5.99. The van der Waals surface area contributed by atoms with Crippen molar-refractivity contribution < 1.29 is 13.6 Å². The summed E-state index contributed by atoms with van der Waals surface area (Å²) >= 11 is 0. The van der Waals surface area contributed by atoms with Gasteiger partial charge in [-0.05, 0) is 53.2 Å². The predicted octanol–water partition coefficient (Wildman–Crippen LogP) is 6.33. The number of fused-ring (bicyclic) bond motifs is 6. The van der Waals surface area contributed by atoms with Gasteiger partial charge in [-0.3, -0.25) is 9.59 Å². The Bertz CT molecular complexity index is 2790. The maximum atomic E-state index is 14.6. The lowest BCUT2D eigenvalue weighted by Gasteiger charge is -2.08. The summed E-state index contributed by atoms with van der Waals surface area (Å²) in [7, 11) is 0. The third kappa shape index (κ3) is 3.77. The van der Waals surface area contributed by atoms with E-state index < -0.39 is 17.0 Å². The first kappa shape index (κ1) is 25.8. The molecule has 0 aliphatic rings. The molecule has 0 saturated carbocycles. The van der Waals surface area contributed by atoms with Crippen LogP contribution in [0.3, 0.4) is 0 Å². The topological polar surface area (TPSA) is 126 Å². The van der Waals surface area contributed by atoms with Crippen molar-refractivity contribution >= 4 is 55.3 Å². The Morgan fingerprint density at radius 1 is 0.696 bits per heavy atom. The lowest BCUT2D eigenvalue weighted by molar-refractivity contribution is 0.0999. The number of hydrogen-bond acceptors (Lipinski definition) is 8. The molecule has 10 heteroatoms. The lowest BCUT2D eigenvalue weighted by atomic mass is 10.0. The van der Waals surface area contributed by atoms with E-state index in [0.29, 0.717) is 22.2 Å². The van der Waals surface area contributed by atoms with Gasteiger partial charge in [-0.2, -0.15) is 9.67 Å². The van der Waals surface area contributed by atoms with Crippen LogP contribution in [0.25, 0.3) is 66.3 Å². The van der Waals surface area contributed by atoms with Gasteiger partial charge in [0.25, 0.3) is 11.3 Å². The van der Waals surface area contributed by atoms with Gasteiger partial charge in [0.2, 0.25) is 11.6 Å². The van der Waals surface area contributed by atoms with Crippen molar-refractivity contribution in [2.45, 2.75) is 0 Å². The molecule has 0 atom stereocenters. The smallest absolute Gasteiger partial charge is 0.344 e. The Labute approximate surface area is 257 Å². The Morgan fingerprint density at radius 3 is 2.33 bits per heavy atom. The largest absolute Gasteiger partial charge is 0.452 e. The van der Waals surface area contributed by atoms with E-state index in [-0.39, 0.29) is 39.5 Å². The molecule has 0 aliphatic heterocycles. The standard InChI is InChI=1S/C36H19N5O5/c42-31(29-18-21-9-5-7-13-27(21)45-29)33-39-41(22-10-2-1-3-11-22)36-38-32-30(34(43)40(33)36)24(16-17-37-32)26-19-25-23-12-6-4-8-20(23)14-15-28(25)46-35(26)44/h1-19H. The van der Waals surface area contributed by atoms with Crippen molar-refractivity contribution in [1.29, 1.82) is 0 Å². The average molecular weight is 602 g/mol. The van der Waals surface area contributed by atoms with Crippen LogP contribution in [0.15, 0.2) is 134 Å². The molecule has 0 radical (unpaired) electrons. The van der Waals surface area contributed by atoms with Crippen LogP contribution in [0.1, 0.15) is 16.4 Å². The highest BCUT2D eigenvalue weighted by Gasteiger charge is 2.27. The number of carbonyl (C=O) groups is 1. The highest BCUT2D eigenvalue weighted by atomic mass is 16.4. The molecule has 5 heterocycles. The fraction of sp³-hybridized carbons (Fsp3) is 0. The van der Waals surface area contributed by atoms with E-state index in [4.69, 9.17) is 13.8 Å². The Balaban J connectivity index is 1.35. The van der Waals surface area contributed by atoms with E-state index in [1.165, 1.54) is 10.9 Å². The van der Waals surface area contributed by atoms with Gasteiger partial charge in [0, 0.05) is 22.5 Å². The number of para-hydroxylation sites is 2. The molecule has 9 aromatic rings. The summed E-state index contributed by atoms with van der Waals surface area (Å²) in [6.07, 6.45) is 1.48. The second-order valence-electron chi connectivity index (χ2n) is 10.8. The predicted molar refractivity (Wildman–Crippen MR) is 173 cm³/mol. The molecule has 0 unspecified atom stereocenters. The second kappa shape index (κ2) is 9.66. The number of pyridine rings is 1. The molecule has 0 spiro atoms. The summed E-state index contributed by atoms with van der Waals surface area (Å²) in [6.45, 7) is 0. The number of nitrogens with zero attached hydrogens (tertiary/aromatic N) is 5. The van der Waals surface area contributed by atoms with E-state index in [1.54, 1.807) is 48.5 Å². The van der Waals surface area contributed by atoms with Crippen molar-refractivity contribution in [3.8, 4) is 16.8 Å². The summed E-state index contributed by atoms with van der Waals surface area (Å²) in [5.74, 6) is -0.726. The Hall–Kier alpha value is -6.68. The fourth-order valence-corrected chi connectivity index (χ4v) is 5.99. The SMILES string of the molecule is O=C(c1cc2ccccc2o1)c1nn(-c2ccccc2)c2nc3nccc(-c4cc5c(ccc6ccccc65)oc4=O)c3c(=O)n12. The molecule has 5 aromatic heterocycles. The van der Waals surface area contributed by atoms with Gasteiger partial charge in [0.15, 0.2) is 11.4 Å². The zero-order valence-electron chi connectivity index (χ0n) is 23.7. The monoisotopic (exact) mass is 601 g/mol. The molecule has 10 nitrogen and oxygen atoms in total. The van der Waals surface area contributed by atoms with Crippen molar-refractivity contribution in [3.63, 3.8) is 0 Å². The number of furan rings is 1. The first-order chi connectivity index (χ1) is 22.5. The van der Waals surface area contributed by atoms with Crippen LogP contribution in [0.4, 0.5) is 0 Å². The molecule has 0 fully saturated rings. The van der Waals surface area contributed by atoms with Crippen molar-refractivity contribution in [2.75, 3.05) is 0 Å². The molecule has 4 aromatic carbocycles. The van der Waals surface area contributed by atoms with Gasteiger partial charge < -0.3 is 8.83 Å². The number of aromatic nitrogens is 5. The van der Waals surface area contributed by atoms with Crippen LogP contribution in [0, 0.1) is 0 Å². The van der Waals surface area contributed by atoms with Gasteiger partial charge in [-0.1, -0.05) is 66.7 Å². The summed E-state index contributed by atoms with van der Waals surface area (Å²) in [5, 5.41) is 7.93. The number of carbonyl (C=O) groups excluding carboxylic acids is 1. The number of ketones is 1. The van der Waals surface area contributed by atoms with Crippen LogP contribution in [0.5, 0.6) is 0 Å². The number of rotatable bonds is 4. The minimum atomic E-state index is -0.627. The van der Waals surface area contributed by atoms with Crippen LogP contribution >= 0.6 is 0 Å². The zero-order chi connectivity index (χ0) is 30.9. The lowest BCUT2D eigenvalue weighted by Crippen LogP contribution is -2.21. The molecule has 0 aliphatic carbocycles. The van der Waals surface area contributed by atoms with Crippen molar-refractivity contribution in [3.05, 3.63) is 148 Å². The van der Waals surface area contributed by atoms with Gasteiger partial charge in [-0.25, -0.2) is 14.2 Å². The molecule has 0 N–H and O–H groups in total. The molecule has 0 saturated heterocycles. The molecule has 0 bridgehead atoms. The first-order valence-electron chi connectivity index (χ1n) is 14.4. The second-order valence-corrected chi connectivity index (χ2v) is 10.8. The van der Waals surface area contributed by atoms with Gasteiger partial charge >= 0.3 is 5.63 Å². The minimum Gasteiger partial charge on any atom is -0.452 e. The number of hydrogen-bond donors (Lipinski definition) is 0. The van der Waals surface area contributed by atoms with Gasteiger partial charge in [0.05, 0.1) is 16.6 Å².